The van der Waals surface area contributed by atoms with E-state index in [4.69, 9.17) is 29.4 Å². The normalized spacial score (nSPS) is 14.1. The number of carboxylic acid groups (broad SMARTS) is 1. The van der Waals surface area contributed by atoms with Crippen molar-refractivity contribution in [3.05, 3.63) is 36.5 Å². The van der Waals surface area contributed by atoms with Crippen molar-refractivity contribution < 1.29 is 42.7 Å². The van der Waals surface area contributed by atoms with E-state index in [0.717, 1.165) is 57.8 Å². The highest BCUT2D eigenvalue weighted by Crippen LogP contribution is 2.43. The van der Waals surface area contributed by atoms with Gasteiger partial charge in [-0.2, -0.15) is 0 Å². The molecule has 0 aromatic carbocycles. The predicted octanol–water partition coefficient (Wildman–Crippen LogP) is 13.3. The van der Waals surface area contributed by atoms with E-state index >= 15 is 0 Å². The second-order valence-electron chi connectivity index (χ2n) is 15.9. The summed E-state index contributed by atoms with van der Waals surface area (Å²) in [6.45, 7) is 3.79. The molecule has 0 aliphatic heterocycles. The molecule has 3 atom stereocenters. The summed E-state index contributed by atoms with van der Waals surface area (Å²) in [4.78, 5) is 33.6. The first-order valence-corrected chi connectivity index (χ1v) is 25.0. The lowest BCUT2D eigenvalue weighted by molar-refractivity contribution is -0.154. The number of carbonyl (C=O) groups is 2. The van der Waals surface area contributed by atoms with Crippen molar-refractivity contribution in [2.45, 2.75) is 225 Å². The number of nitrogens with two attached hydrogens (primary N) is 1. The maximum atomic E-state index is 12.7. The fourth-order valence-electron chi connectivity index (χ4n) is 6.56. The number of phosphoric ester groups is 1. The van der Waals surface area contributed by atoms with Gasteiger partial charge < -0.3 is 25.2 Å². The molecule has 0 bridgehead atoms. The number of aliphatic carboxylic acids is 1. The third-order valence-corrected chi connectivity index (χ3v) is 11.1. The number of phosphoric acid groups is 1. The first kappa shape index (κ1) is 56.2. The number of hydrogen-bond acceptors (Lipinski definition) is 8. The number of carboxylic acids is 1. The fourth-order valence-corrected chi connectivity index (χ4v) is 7.34. The average Bonchev–Trinajstić information content (AvgIpc) is 3.20. The number of unbranched alkanes of at least 4 members (excludes halogenated alkanes) is 25. The largest absolute Gasteiger partial charge is 0.480 e. The Kier molecular flexibility index (Phi) is 41.9. The van der Waals surface area contributed by atoms with Gasteiger partial charge in [0.25, 0.3) is 0 Å². The average molecular weight is 842 g/mol. The van der Waals surface area contributed by atoms with Crippen LogP contribution in [0.25, 0.3) is 0 Å². The van der Waals surface area contributed by atoms with Gasteiger partial charge in [-0.3, -0.25) is 18.6 Å². The molecule has 58 heavy (non-hydrogen) atoms. The number of esters is 1. The molecular weight excluding hydrogens is 753 g/mol. The van der Waals surface area contributed by atoms with Crippen LogP contribution in [0, 0.1) is 0 Å². The molecule has 340 valence electrons. The van der Waals surface area contributed by atoms with Crippen LogP contribution in [0.15, 0.2) is 36.5 Å². The number of carbonyl (C=O) groups excluding carboxylic acids is 1. The van der Waals surface area contributed by atoms with E-state index in [0.29, 0.717) is 13.0 Å². The van der Waals surface area contributed by atoms with Gasteiger partial charge in [0, 0.05) is 13.0 Å². The molecule has 0 saturated carbocycles. The Morgan fingerprint density at radius 3 is 1.50 bits per heavy atom. The number of rotatable bonds is 45. The van der Waals surface area contributed by atoms with Crippen LogP contribution in [-0.4, -0.2) is 60.5 Å². The first-order valence-electron chi connectivity index (χ1n) is 23.5. The topological polar surface area (TPSA) is 155 Å². The third-order valence-electron chi connectivity index (χ3n) is 10.2. The lowest BCUT2D eigenvalue weighted by Crippen LogP contribution is -2.34. The molecule has 4 N–H and O–H groups in total. The zero-order chi connectivity index (χ0) is 42.6. The Hall–Kier alpha value is -1.81. The minimum atomic E-state index is -4.62. The summed E-state index contributed by atoms with van der Waals surface area (Å²) in [5, 5.41) is 8.91. The van der Waals surface area contributed by atoms with Gasteiger partial charge in [-0.05, 0) is 44.9 Å². The summed E-state index contributed by atoms with van der Waals surface area (Å²) in [7, 11) is -4.62. The number of hydrogen-bond donors (Lipinski definition) is 3. The fraction of sp³-hybridized carbons (Fsp3) is 0.830. The van der Waals surface area contributed by atoms with Gasteiger partial charge in [-0.25, -0.2) is 4.57 Å². The Bertz CT molecular complexity index is 1070. The van der Waals surface area contributed by atoms with Gasteiger partial charge in [-0.15, -0.1) is 0 Å². The summed E-state index contributed by atoms with van der Waals surface area (Å²) in [6, 6.07) is -1.47. The van der Waals surface area contributed by atoms with Crippen molar-refractivity contribution in [3.63, 3.8) is 0 Å². The van der Waals surface area contributed by atoms with Crippen molar-refractivity contribution in [2.75, 3.05) is 26.4 Å². The van der Waals surface area contributed by atoms with Crippen LogP contribution in [0.1, 0.15) is 213 Å². The van der Waals surface area contributed by atoms with Crippen LogP contribution in [0.5, 0.6) is 0 Å². The Balaban J connectivity index is 4.18. The van der Waals surface area contributed by atoms with E-state index in [1.807, 2.05) is 0 Å². The van der Waals surface area contributed by atoms with Gasteiger partial charge >= 0.3 is 19.8 Å². The molecule has 0 aliphatic carbocycles. The van der Waals surface area contributed by atoms with E-state index in [1.165, 1.54) is 128 Å². The molecule has 0 amide bonds. The minimum Gasteiger partial charge on any atom is -0.480 e. The van der Waals surface area contributed by atoms with Crippen LogP contribution in [0.2, 0.25) is 0 Å². The molecule has 0 aromatic rings. The molecule has 0 saturated heterocycles. The Morgan fingerprint density at radius 2 is 1.00 bits per heavy atom. The van der Waals surface area contributed by atoms with E-state index < -0.39 is 45.1 Å². The van der Waals surface area contributed by atoms with Gasteiger partial charge in [-0.1, -0.05) is 198 Å². The SMILES string of the molecule is CC/C=C\C/C=C\C/C=C\CCCCCCCCCCOCC(COP(=O)(O)OCC(N)C(=O)O)OC(=O)CCCCCCCCCCCCCCCCCCCC. The molecule has 0 radical (unpaired) electrons. The highest BCUT2D eigenvalue weighted by atomic mass is 31.2. The molecule has 0 fully saturated rings. The second kappa shape index (κ2) is 43.3. The van der Waals surface area contributed by atoms with Crippen molar-refractivity contribution >= 4 is 19.8 Å². The third kappa shape index (κ3) is 42.3. The Labute approximate surface area is 355 Å². The highest BCUT2D eigenvalue weighted by Gasteiger charge is 2.27. The van der Waals surface area contributed by atoms with E-state index in [2.05, 4.69) is 50.3 Å². The second-order valence-corrected chi connectivity index (χ2v) is 17.3. The monoisotopic (exact) mass is 842 g/mol. The summed E-state index contributed by atoms with van der Waals surface area (Å²) in [5.74, 6) is -1.77. The van der Waals surface area contributed by atoms with Crippen molar-refractivity contribution in [3.8, 4) is 0 Å². The quantitative estimate of drug-likeness (QED) is 0.0233. The van der Waals surface area contributed by atoms with Gasteiger partial charge in [0.05, 0.1) is 19.8 Å². The molecule has 0 spiro atoms. The summed E-state index contributed by atoms with van der Waals surface area (Å²) in [6.07, 6.45) is 49.1. The molecule has 11 heteroatoms. The van der Waals surface area contributed by atoms with E-state index in [-0.39, 0.29) is 13.0 Å². The summed E-state index contributed by atoms with van der Waals surface area (Å²) in [5.41, 5.74) is 5.36. The first-order chi connectivity index (χ1) is 28.2. The lowest BCUT2D eigenvalue weighted by atomic mass is 10.0. The van der Waals surface area contributed by atoms with Gasteiger partial charge in [0.15, 0.2) is 0 Å². The van der Waals surface area contributed by atoms with Gasteiger partial charge in [0.2, 0.25) is 0 Å². The highest BCUT2D eigenvalue weighted by molar-refractivity contribution is 7.47. The van der Waals surface area contributed by atoms with E-state index in [1.54, 1.807) is 0 Å². The molecule has 0 aliphatic rings. The predicted molar refractivity (Wildman–Crippen MR) is 240 cm³/mol. The van der Waals surface area contributed by atoms with Crippen LogP contribution >= 0.6 is 7.82 Å². The number of allylic oxidation sites excluding steroid dienone is 6. The standard InChI is InChI=1S/C47H88NO9P/c1-3-5-7-9-11-13-15-17-19-21-23-25-27-29-31-33-35-37-39-46(49)57-44(42-55-58(52,53)56-43-45(48)47(50)51)41-54-40-38-36-34-32-30-28-26-24-22-20-18-16-14-12-10-8-6-4-2/h6,8,12,14,18,20,44-45H,3-5,7,9-11,13,15-17,19,21-43,48H2,1-2H3,(H,50,51)(H,52,53)/b8-6-,14-12-,20-18-. The van der Waals surface area contributed by atoms with Crippen LogP contribution in [0.4, 0.5) is 0 Å². The van der Waals surface area contributed by atoms with Crippen LogP contribution < -0.4 is 5.73 Å². The van der Waals surface area contributed by atoms with Crippen molar-refractivity contribution in [1.29, 1.82) is 0 Å². The van der Waals surface area contributed by atoms with E-state index in [9.17, 15) is 19.0 Å². The zero-order valence-electron chi connectivity index (χ0n) is 37.1. The molecule has 10 nitrogen and oxygen atoms in total. The summed E-state index contributed by atoms with van der Waals surface area (Å²) < 4.78 is 33.4. The minimum absolute atomic E-state index is 0.0144. The summed E-state index contributed by atoms with van der Waals surface area (Å²) >= 11 is 0. The van der Waals surface area contributed by atoms with Crippen LogP contribution in [-0.2, 0) is 32.7 Å². The zero-order valence-corrected chi connectivity index (χ0v) is 38.0. The molecule has 0 heterocycles. The molecule has 0 rings (SSSR count). The van der Waals surface area contributed by atoms with Crippen molar-refractivity contribution in [2.24, 2.45) is 5.73 Å². The number of ether oxygens (including phenoxy) is 2. The van der Waals surface area contributed by atoms with Crippen LogP contribution in [0.3, 0.4) is 0 Å². The molecule has 3 unspecified atom stereocenters. The Morgan fingerprint density at radius 1 is 0.569 bits per heavy atom. The lowest BCUT2D eigenvalue weighted by Gasteiger charge is -2.20. The molecular formula is C47H88NO9P. The smallest absolute Gasteiger partial charge is 0.472 e. The maximum absolute atomic E-state index is 12.7. The molecule has 0 aromatic heterocycles. The maximum Gasteiger partial charge on any atom is 0.472 e. The van der Waals surface area contributed by atoms with Gasteiger partial charge in [0.1, 0.15) is 12.1 Å². The van der Waals surface area contributed by atoms with Crippen molar-refractivity contribution in [1.82, 2.24) is 0 Å².